The molecule has 25 heavy (non-hydrogen) atoms. The van der Waals surface area contributed by atoms with E-state index in [1.165, 1.54) is 5.56 Å². The molecule has 1 heterocycles. The molecule has 1 N–H and O–H groups in total. The van der Waals surface area contributed by atoms with E-state index in [2.05, 4.69) is 79.6 Å². The summed E-state index contributed by atoms with van der Waals surface area (Å²) in [5.41, 5.74) is 5.27. The van der Waals surface area contributed by atoms with E-state index in [4.69, 9.17) is 0 Å². The summed E-state index contributed by atoms with van der Waals surface area (Å²) in [6.07, 6.45) is 5.29. The molecule has 0 aliphatic heterocycles. The van der Waals surface area contributed by atoms with Gasteiger partial charge in [0, 0.05) is 17.5 Å². The van der Waals surface area contributed by atoms with Gasteiger partial charge in [-0.05, 0) is 48.6 Å². The summed E-state index contributed by atoms with van der Waals surface area (Å²) in [6.45, 7) is 14.4. The van der Waals surface area contributed by atoms with Crippen LogP contribution in [-0.4, -0.2) is 9.97 Å². The van der Waals surface area contributed by atoms with Gasteiger partial charge in [-0.25, -0.2) is 9.97 Å². The molecule has 0 radical (unpaired) electrons. The number of nitrogens with zero attached hydrogens (tertiary/aromatic N) is 2. The number of anilines is 2. The molecule has 0 aliphatic rings. The largest absolute Gasteiger partial charge is 0.324 e. The van der Waals surface area contributed by atoms with Crippen molar-refractivity contribution in [2.45, 2.75) is 40.0 Å². The number of nitrogens with one attached hydrogen (secondary N) is 1. The van der Waals surface area contributed by atoms with Crippen molar-refractivity contribution in [3.63, 3.8) is 0 Å². The monoisotopic (exact) mass is 331 g/mol. The zero-order valence-electron chi connectivity index (χ0n) is 15.6. The minimum absolute atomic E-state index is 0.129. The van der Waals surface area contributed by atoms with Crippen molar-refractivity contribution >= 4 is 17.2 Å². The average Bonchev–Trinajstić information content (AvgIpc) is 2.57. The standard InChI is InChI=1S/C22H25N3/c1-7-9-10-17(8-2)20-13-14-23-21(25-20)24-19-12-11-18(15-16(19)3)22(4,5)6/h8,10-15H,2H2,1,3-6H3,(H,23,24,25)/b17-10+. The molecule has 0 unspecified atom stereocenters. The number of aryl methyl sites for hydroxylation is 1. The van der Waals surface area contributed by atoms with E-state index in [9.17, 15) is 0 Å². The second kappa shape index (κ2) is 7.81. The summed E-state index contributed by atoms with van der Waals surface area (Å²) in [6, 6.07) is 8.29. The third-order valence-electron chi connectivity index (χ3n) is 3.88. The van der Waals surface area contributed by atoms with Crippen LogP contribution >= 0.6 is 0 Å². The predicted octanol–water partition coefficient (Wildman–Crippen LogP) is 5.42. The smallest absolute Gasteiger partial charge is 0.227 e. The first kappa shape index (κ1) is 18.5. The van der Waals surface area contributed by atoms with Crippen LogP contribution in [0.25, 0.3) is 5.57 Å². The summed E-state index contributed by atoms with van der Waals surface area (Å²) in [4.78, 5) is 8.90. The zero-order valence-corrected chi connectivity index (χ0v) is 15.6. The highest BCUT2D eigenvalue weighted by molar-refractivity contribution is 5.74. The maximum Gasteiger partial charge on any atom is 0.227 e. The van der Waals surface area contributed by atoms with E-state index in [1.807, 2.05) is 12.1 Å². The van der Waals surface area contributed by atoms with E-state index < -0.39 is 0 Å². The molecule has 0 fully saturated rings. The van der Waals surface area contributed by atoms with Crippen LogP contribution in [0.3, 0.4) is 0 Å². The molecule has 0 spiro atoms. The van der Waals surface area contributed by atoms with E-state index in [0.717, 1.165) is 22.5 Å². The van der Waals surface area contributed by atoms with E-state index in [-0.39, 0.29) is 5.41 Å². The number of hydrogen-bond donors (Lipinski definition) is 1. The normalized spacial score (nSPS) is 11.5. The lowest BCUT2D eigenvalue weighted by Gasteiger charge is -2.20. The van der Waals surface area contributed by atoms with Crippen LogP contribution < -0.4 is 5.32 Å². The zero-order chi connectivity index (χ0) is 18.4. The maximum atomic E-state index is 4.57. The molecule has 0 saturated heterocycles. The first-order chi connectivity index (χ1) is 11.8. The quantitative estimate of drug-likeness (QED) is 0.600. The summed E-state index contributed by atoms with van der Waals surface area (Å²) < 4.78 is 0. The fourth-order valence-corrected chi connectivity index (χ4v) is 2.36. The van der Waals surface area contributed by atoms with Crippen molar-refractivity contribution in [1.82, 2.24) is 9.97 Å². The van der Waals surface area contributed by atoms with Gasteiger partial charge in [0.25, 0.3) is 0 Å². The summed E-state index contributed by atoms with van der Waals surface area (Å²) >= 11 is 0. The average molecular weight is 331 g/mol. The van der Waals surface area contributed by atoms with Gasteiger partial charge in [-0.3, -0.25) is 0 Å². The highest BCUT2D eigenvalue weighted by Gasteiger charge is 2.14. The van der Waals surface area contributed by atoms with Crippen molar-refractivity contribution in [3.8, 4) is 11.8 Å². The topological polar surface area (TPSA) is 37.8 Å². The molecule has 3 nitrogen and oxygen atoms in total. The Balaban J connectivity index is 2.31. The molecule has 0 bridgehead atoms. The van der Waals surface area contributed by atoms with E-state index >= 15 is 0 Å². The number of hydrogen-bond acceptors (Lipinski definition) is 3. The molecule has 2 aromatic rings. The first-order valence-corrected chi connectivity index (χ1v) is 8.31. The minimum Gasteiger partial charge on any atom is -0.324 e. The number of aromatic nitrogens is 2. The molecular formula is C22H25N3. The molecule has 1 aromatic carbocycles. The second-order valence-electron chi connectivity index (χ2n) is 6.87. The molecule has 128 valence electrons. The van der Waals surface area contributed by atoms with Crippen LogP contribution in [0.5, 0.6) is 0 Å². The number of rotatable bonds is 4. The van der Waals surface area contributed by atoms with E-state index in [1.54, 1.807) is 19.2 Å². The van der Waals surface area contributed by atoms with Gasteiger partial charge in [0.15, 0.2) is 0 Å². The van der Waals surface area contributed by atoms with Crippen molar-refractivity contribution in [2.75, 3.05) is 5.32 Å². The third kappa shape index (κ3) is 4.81. The van der Waals surface area contributed by atoms with Gasteiger partial charge >= 0.3 is 0 Å². The number of benzene rings is 1. The van der Waals surface area contributed by atoms with Crippen molar-refractivity contribution in [1.29, 1.82) is 0 Å². The molecule has 0 saturated carbocycles. The van der Waals surface area contributed by atoms with Gasteiger partial charge in [-0.1, -0.05) is 51.5 Å². The lowest BCUT2D eigenvalue weighted by Crippen LogP contribution is -2.11. The third-order valence-corrected chi connectivity index (χ3v) is 3.88. The van der Waals surface area contributed by atoms with E-state index in [0.29, 0.717) is 5.95 Å². The van der Waals surface area contributed by atoms with Gasteiger partial charge in [-0.2, -0.15) is 0 Å². The lowest BCUT2D eigenvalue weighted by molar-refractivity contribution is 0.590. The van der Waals surface area contributed by atoms with Gasteiger partial charge in [0.2, 0.25) is 5.95 Å². The molecular weight excluding hydrogens is 306 g/mol. The number of allylic oxidation sites excluding steroid dienone is 3. The Bertz CT molecular complexity index is 859. The van der Waals surface area contributed by atoms with Gasteiger partial charge in [0.05, 0.1) is 5.69 Å². The van der Waals surface area contributed by atoms with Crippen LogP contribution in [0.1, 0.15) is 44.5 Å². The Morgan fingerprint density at radius 1 is 1.24 bits per heavy atom. The Morgan fingerprint density at radius 2 is 2.00 bits per heavy atom. The van der Waals surface area contributed by atoms with Crippen molar-refractivity contribution in [3.05, 3.63) is 66.0 Å². The van der Waals surface area contributed by atoms with Gasteiger partial charge in [0.1, 0.15) is 0 Å². The Kier molecular flexibility index (Phi) is 5.77. The Morgan fingerprint density at radius 3 is 2.60 bits per heavy atom. The van der Waals surface area contributed by atoms with Gasteiger partial charge < -0.3 is 5.32 Å². The first-order valence-electron chi connectivity index (χ1n) is 8.31. The fraction of sp³-hybridized carbons (Fsp3) is 0.273. The van der Waals surface area contributed by atoms with Gasteiger partial charge in [-0.15, -0.1) is 5.92 Å². The molecule has 0 aliphatic carbocycles. The second-order valence-corrected chi connectivity index (χ2v) is 6.87. The van der Waals surface area contributed by atoms with Crippen molar-refractivity contribution in [2.24, 2.45) is 0 Å². The van der Waals surface area contributed by atoms with Crippen LogP contribution in [0.2, 0.25) is 0 Å². The summed E-state index contributed by atoms with van der Waals surface area (Å²) in [7, 11) is 0. The maximum absolute atomic E-state index is 4.57. The lowest BCUT2D eigenvalue weighted by atomic mass is 9.86. The summed E-state index contributed by atoms with van der Waals surface area (Å²) in [5, 5.41) is 3.31. The highest BCUT2D eigenvalue weighted by Crippen LogP contribution is 2.27. The highest BCUT2D eigenvalue weighted by atomic mass is 15.1. The predicted molar refractivity (Wildman–Crippen MR) is 107 cm³/mol. The Hall–Kier alpha value is -2.86. The minimum atomic E-state index is 0.129. The molecule has 0 amide bonds. The molecule has 2 rings (SSSR count). The SMILES string of the molecule is C=C/C(=C\C#CC)c1ccnc(Nc2ccc(C(C)(C)C)cc2C)n1. The molecule has 1 aromatic heterocycles. The molecule has 0 atom stereocenters. The van der Waals surface area contributed by atoms with Crippen LogP contribution in [-0.2, 0) is 5.41 Å². The van der Waals surface area contributed by atoms with Crippen molar-refractivity contribution < 1.29 is 0 Å². The summed E-state index contributed by atoms with van der Waals surface area (Å²) in [5.74, 6) is 6.34. The van der Waals surface area contributed by atoms with Crippen LogP contribution in [0.4, 0.5) is 11.6 Å². The van der Waals surface area contributed by atoms with Crippen LogP contribution in [0.15, 0.2) is 49.2 Å². The fourth-order valence-electron chi connectivity index (χ4n) is 2.36. The van der Waals surface area contributed by atoms with Crippen LogP contribution in [0, 0.1) is 18.8 Å². The molecule has 3 heteroatoms. The Labute approximate surface area is 150 Å².